The van der Waals surface area contributed by atoms with Crippen LogP contribution < -0.4 is 0 Å². The Morgan fingerprint density at radius 3 is 2.80 bits per heavy atom. The summed E-state index contributed by atoms with van der Waals surface area (Å²) < 4.78 is 0. The molecular weight excluding hydrogens is 126 g/mol. The summed E-state index contributed by atoms with van der Waals surface area (Å²) in [7, 11) is 0. The molecule has 0 aromatic heterocycles. The summed E-state index contributed by atoms with van der Waals surface area (Å²) in [4.78, 5) is 0. The van der Waals surface area contributed by atoms with Crippen molar-refractivity contribution in [1.82, 2.24) is 0 Å². The highest BCUT2D eigenvalue weighted by atomic mass is 16.4. The molecule has 1 aliphatic rings. The number of allylic oxidation sites excluding steroid dienone is 2. The minimum absolute atomic E-state index is 0.924. The van der Waals surface area contributed by atoms with Crippen molar-refractivity contribution in [3.05, 3.63) is 12.2 Å². The van der Waals surface area contributed by atoms with Gasteiger partial charge in [-0.25, -0.2) is 0 Å². The lowest BCUT2D eigenvalue weighted by Crippen LogP contribution is -1.99. The van der Waals surface area contributed by atoms with Gasteiger partial charge in [-0.05, 0) is 32.1 Å². The minimum atomic E-state index is 0.924. The average molecular weight is 139 g/mol. The third-order valence-corrected chi connectivity index (χ3v) is 1.74. The predicted molar refractivity (Wildman–Crippen MR) is 41.4 cm³/mol. The Balaban J connectivity index is 2.42. The van der Waals surface area contributed by atoms with Gasteiger partial charge in [0.15, 0.2) is 0 Å². The minimum Gasteiger partial charge on any atom is -0.411 e. The second-order valence-corrected chi connectivity index (χ2v) is 2.57. The molecule has 0 unspecified atom stereocenters. The number of hydrogen-bond acceptors (Lipinski definition) is 2. The van der Waals surface area contributed by atoms with Crippen LogP contribution in [0.5, 0.6) is 0 Å². The summed E-state index contributed by atoms with van der Waals surface area (Å²) in [5.74, 6) is 0. The van der Waals surface area contributed by atoms with E-state index in [4.69, 9.17) is 5.21 Å². The zero-order chi connectivity index (χ0) is 7.23. The Morgan fingerprint density at radius 1 is 1.20 bits per heavy atom. The number of hydrogen-bond donors (Lipinski definition) is 1. The second-order valence-electron chi connectivity index (χ2n) is 2.57. The van der Waals surface area contributed by atoms with Crippen molar-refractivity contribution in [2.75, 3.05) is 0 Å². The van der Waals surface area contributed by atoms with Gasteiger partial charge in [-0.3, -0.25) is 0 Å². The fourth-order valence-corrected chi connectivity index (χ4v) is 1.13. The highest BCUT2D eigenvalue weighted by molar-refractivity contribution is 5.84. The first-order chi connectivity index (χ1) is 4.93. The molecule has 1 rings (SSSR count). The second kappa shape index (κ2) is 4.09. The third-order valence-electron chi connectivity index (χ3n) is 1.74. The smallest absolute Gasteiger partial charge is 0.0574 e. The van der Waals surface area contributed by atoms with Gasteiger partial charge in [0.1, 0.15) is 0 Å². The van der Waals surface area contributed by atoms with Crippen LogP contribution in [0.25, 0.3) is 0 Å². The lowest BCUT2D eigenvalue weighted by Gasteiger charge is -2.03. The zero-order valence-electron chi connectivity index (χ0n) is 6.08. The summed E-state index contributed by atoms with van der Waals surface area (Å²) >= 11 is 0. The first kappa shape index (κ1) is 7.32. The number of nitrogens with zero attached hydrogens (tertiary/aromatic N) is 1. The number of oxime groups is 1. The van der Waals surface area contributed by atoms with E-state index in [2.05, 4.69) is 17.3 Å². The molecule has 0 saturated heterocycles. The van der Waals surface area contributed by atoms with Gasteiger partial charge in [-0.15, -0.1) is 0 Å². The van der Waals surface area contributed by atoms with Gasteiger partial charge in [0.05, 0.1) is 5.71 Å². The summed E-state index contributed by atoms with van der Waals surface area (Å²) in [5, 5.41) is 11.7. The molecular formula is C8H13NO. The fraction of sp³-hybridized carbons (Fsp3) is 0.625. The molecule has 0 atom stereocenters. The fourth-order valence-electron chi connectivity index (χ4n) is 1.13. The normalized spacial score (nSPS) is 24.2. The van der Waals surface area contributed by atoms with Gasteiger partial charge in [-0.1, -0.05) is 17.3 Å². The van der Waals surface area contributed by atoms with Crippen molar-refractivity contribution < 1.29 is 5.21 Å². The topological polar surface area (TPSA) is 32.6 Å². The molecule has 0 radical (unpaired) electrons. The Kier molecular flexibility index (Phi) is 3.00. The maximum absolute atomic E-state index is 8.47. The van der Waals surface area contributed by atoms with E-state index < -0.39 is 0 Å². The van der Waals surface area contributed by atoms with Crippen LogP contribution in [-0.4, -0.2) is 10.9 Å². The monoisotopic (exact) mass is 139 g/mol. The average Bonchev–Trinajstić information content (AvgIpc) is 1.87. The van der Waals surface area contributed by atoms with Crippen molar-refractivity contribution in [2.45, 2.75) is 32.1 Å². The largest absolute Gasteiger partial charge is 0.411 e. The van der Waals surface area contributed by atoms with Crippen molar-refractivity contribution in [3.63, 3.8) is 0 Å². The molecule has 0 amide bonds. The van der Waals surface area contributed by atoms with E-state index in [1.807, 2.05) is 0 Å². The summed E-state index contributed by atoms with van der Waals surface area (Å²) in [6.07, 6.45) is 9.51. The molecule has 0 saturated carbocycles. The van der Waals surface area contributed by atoms with E-state index in [-0.39, 0.29) is 0 Å². The Morgan fingerprint density at radius 2 is 2.00 bits per heavy atom. The van der Waals surface area contributed by atoms with E-state index in [0.717, 1.165) is 37.8 Å². The van der Waals surface area contributed by atoms with Gasteiger partial charge >= 0.3 is 0 Å². The molecule has 0 aliphatic heterocycles. The van der Waals surface area contributed by atoms with Crippen LogP contribution in [0.4, 0.5) is 0 Å². The van der Waals surface area contributed by atoms with Crippen LogP contribution in [0.15, 0.2) is 17.3 Å². The van der Waals surface area contributed by atoms with Gasteiger partial charge in [0.25, 0.3) is 0 Å². The molecule has 0 bridgehead atoms. The van der Waals surface area contributed by atoms with Gasteiger partial charge in [0.2, 0.25) is 0 Å². The van der Waals surface area contributed by atoms with Crippen molar-refractivity contribution in [3.8, 4) is 0 Å². The van der Waals surface area contributed by atoms with Crippen LogP contribution in [-0.2, 0) is 0 Å². The highest BCUT2D eigenvalue weighted by Gasteiger charge is 2.00. The summed E-state index contributed by atoms with van der Waals surface area (Å²) in [5.41, 5.74) is 0.948. The van der Waals surface area contributed by atoms with E-state index in [0.29, 0.717) is 0 Å². The van der Waals surface area contributed by atoms with E-state index in [1.54, 1.807) is 0 Å². The molecule has 56 valence electrons. The first-order valence-electron chi connectivity index (χ1n) is 3.78. The SMILES string of the molecule is ON=C1CCC=CCCC1. The molecule has 0 heterocycles. The van der Waals surface area contributed by atoms with Crippen LogP contribution in [0.1, 0.15) is 32.1 Å². The molecule has 2 nitrogen and oxygen atoms in total. The molecule has 0 aromatic carbocycles. The predicted octanol–water partition coefficient (Wildman–Crippen LogP) is 2.34. The molecule has 2 heteroatoms. The molecule has 1 aliphatic carbocycles. The molecule has 0 aromatic rings. The lowest BCUT2D eigenvalue weighted by molar-refractivity contribution is 0.316. The van der Waals surface area contributed by atoms with E-state index in [1.165, 1.54) is 0 Å². The van der Waals surface area contributed by atoms with Crippen molar-refractivity contribution in [1.29, 1.82) is 0 Å². The zero-order valence-corrected chi connectivity index (χ0v) is 6.08. The van der Waals surface area contributed by atoms with E-state index >= 15 is 0 Å². The summed E-state index contributed by atoms with van der Waals surface area (Å²) in [6.45, 7) is 0. The molecule has 10 heavy (non-hydrogen) atoms. The lowest BCUT2D eigenvalue weighted by atomic mass is 10.0. The highest BCUT2D eigenvalue weighted by Crippen LogP contribution is 2.08. The van der Waals surface area contributed by atoms with Crippen LogP contribution in [0, 0.1) is 0 Å². The van der Waals surface area contributed by atoms with Crippen molar-refractivity contribution >= 4 is 5.71 Å². The van der Waals surface area contributed by atoms with Crippen LogP contribution in [0.2, 0.25) is 0 Å². The Bertz CT molecular complexity index is 149. The molecule has 1 N–H and O–H groups in total. The summed E-state index contributed by atoms with van der Waals surface area (Å²) in [6, 6.07) is 0. The van der Waals surface area contributed by atoms with Crippen LogP contribution >= 0.6 is 0 Å². The maximum Gasteiger partial charge on any atom is 0.0574 e. The Hall–Kier alpha value is -0.790. The molecule has 0 spiro atoms. The standard InChI is InChI=1S/C8H13NO/c10-9-8-6-4-2-1-3-5-7-8/h1-2,10H,3-7H2. The quantitative estimate of drug-likeness (QED) is 0.312. The first-order valence-corrected chi connectivity index (χ1v) is 3.78. The third kappa shape index (κ3) is 2.21. The van der Waals surface area contributed by atoms with Gasteiger partial charge < -0.3 is 5.21 Å². The van der Waals surface area contributed by atoms with Crippen molar-refractivity contribution in [2.24, 2.45) is 5.16 Å². The van der Waals surface area contributed by atoms with Crippen LogP contribution in [0.3, 0.4) is 0 Å². The maximum atomic E-state index is 8.47. The Labute approximate surface area is 61.2 Å². The number of rotatable bonds is 0. The van der Waals surface area contributed by atoms with Gasteiger partial charge in [0, 0.05) is 0 Å². The molecule has 0 fully saturated rings. The van der Waals surface area contributed by atoms with E-state index in [9.17, 15) is 0 Å². The van der Waals surface area contributed by atoms with Gasteiger partial charge in [-0.2, -0.15) is 0 Å².